The molecular formula is C15H11FN2O. The average Bonchev–Trinajstić information content (AvgIpc) is 2.76. The minimum Gasteiger partial charge on any atom is -0.366 e. The molecule has 1 heterocycles. The first-order valence-corrected chi connectivity index (χ1v) is 5.84. The van der Waals surface area contributed by atoms with Crippen LogP contribution < -0.4 is 5.73 Å². The lowest BCUT2D eigenvalue weighted by Gasteiger charge is -2.05. The average molecular weight is 254 g/mol. The maximum Gasteiger partial charge on any atom is 0.249 e. The van der Waals surface area contributed by atoms with Gasteiger partial charge >= 0.3 is 0 Å². The Morgan fingerprint density at radius 3 is 2.47 bits per heavy atom. The summed E-state index contributed by atoms with van der Waals surface area (Å²) in [7, 11) is 0. The van der Waals surface area contributed by atoms with Gasteiger partial charge in [-0.3, -0.25) is 4.79 Å². The predicted molar refractivity (Wildman–Crippen MR) is 72.4 cm³/mol. The van der Waals surface area contributed by atoms with Gasteiger partial charge in [0.05, 0.1) is 11.2 Å². The third-order valence-electron chi connectivity index (χ3n) is 3.12. The van der Waals surface area contributed by atoms with Gasteiger partial charge in [-0.25, -0.2) is 0 Å². The maximum absolute atomic E-state index is 14.3. The summed E-state index contributed by atoms with van der Waals surface area (Å²) < 4.78 is 14.3. The van der Waals surface area contributed by atoms with Crippen LogP contribution in [0.2, 0.25) is 0 Å². The Balaban J connectivity index is 2.31. The van der Waals surface area contributed by atoms with Crippen LogP contribution in [0.15, 0.2) is 54.6 Å². The standard InChI is InChI=1S/C15H11FN2O/c16-18-13-8-4-1-5-10(13)9-14(18)11-6-2-3-7-12(11)15(17)19/h1-9H,(H2,17,19). The van der Waals surface area contributed by atoms with Crippen LogP contribution in [0.25, 0.3) is 22.2 Å². The number of hydrogen-bond donors (Lipinski definition) is 1. The third kappa shape index (κ3) is 1.78. The quantitative estimate of drug-likeness (QED) is 0.750. The van der Waals surface area contributed by atoms with Crippen molar-refractivity contribution in [2.24, 2.45) is 5.73 Å². The second-order valence-electron chi connectivity index (χ2n) is 4.28. The van der Waals surface area contributed by atoms with Crippen molar-refractivity contribution in [2.45, 2.75) is 0 Å². The molecule has 3 aromatic rings. The number of hydrogen-bond acceptors (Lipinski definition) is 1. The molecular weight excluding hydrogens is 243 g/mol. The largest absolute Gasteiger partial charge is 0.366 e. The number of nitrogens with two attached hydrogens (primary N) is 1. The lowest BCUT2D eigenvalue weighted by molar-refractivity contribution is 0.100. The highest BCUT2D eigenvalue weighted by Gasteiger charge is 2.15. The summed E-state index contributed by atoms with van der Waals surface area (Å²) in [4.78, 5) is 12.0. The number of nitrogens with zero attached hydrogens (tertiary/aromatic N) is 1. The summed E-state index contributed by atoms with van der Waals surface area (Å²) in [5.41, 5.74) is 6.93. The molecule has 3 nitrogen and oxygen atoms in total. The number of carbonyl (C=O) groups is 1. The zero-order valence-electron chi connectivity index (χ0n) is 10.0. The fourth-order valence-electron chi connectivity index (χ4n) is 2.23. The van der Waals surface area contributed by atoms with E-state index < -0.39 is 5.91 Å². The number of rotatable bonds is 2. The van der Waals surface area contributed by atoms with Crippen molar-refractivity contribution < 1.29 is 9.28 Å². The molecule has 1 aromatic heterocycles. The number of primary amides is 1. The topological polar surface area (TPSA) is 48.0 Å². The number of aromatic nitrogens is 1. The lowest BCUT2D eigenvalue weighted by Crippen LogP contribution is -2.12. The molecule has 0 unspecified atom stereocenters. The zero-order valence-corrected chi connectivity index (χ0v) is 10.0. The van der Waals surface area contributed by atoms with Crippen LogP contribution in [0.5, 0.6) is 0 Å². The van der Waals surface area contributed by atoms with Crippen LogP contribution in [0, 0.1) is 0 Å². The van der Waals surface area contributed by atoms with E-state index in [9.17, 15) is 9.28 Å². The summed E-state index contributed by atoms with van der Waals surface area (Å²) in [6, 6.07) is 15.5. The number of fused-ring (bicyclic) bond motifs is 1. The highest BCUT2D eigenvalue weighted by molar-refractivity contribution is 6.00. The molecule has 2 N–H and O–H groups in total. The van der Waals surface area contributed by atoms with Gasteiger partial charge in [-0.2, -0.15) is 4.79 Å². The molecule has 0 fully saturated rings. The molecule has 0 aliphatic heterocycles. The molecule has 3 rings (SSSR count). The molecule has 0 spiro atoms. The predicted octanol–water partition coefficient (Wildman–Crippen LogP) is 3.14. The van der Waals surface area contributed by atoms with Crippen molar-refractivity contribution in [3.63, 3.8) is 0 Å². The molecule has 0 saturated carbocycles. The SMILES string of the molecule is NC(=O)c1ccccc1-c1cc2ccccc2n1F. The Kier molecular flexibility index (Phi) is 2.56. The molecule has 1 amide bonds. The smallest absolute Gasteiger partial charge is 0.249 e. The van der Waals surface area contributed by atoms with Gasteiger partial charge in [0, 0.05) is 16.5 Å². The number of benzene rings is 2. The van der Waals surface area contributed by atoms with Gasteiger partial charge in [-0.1, -0.05) is 40.9 Å². The van der Waals surface area contributed by atoms with E-state index in [1.54, 1.807) is 42.5 Å². The van der Waals surface area contributed by atoms with Gasteiger partial charge in [-0.05, 0) is 18.2 Å². The van der Waals surface area contributed by atoms with Crippen LogP contribution >= 0.6 is 0 Å². The van der Waals surface area contributed by atoms with Gasteiger partial charge in [0.25, 0.3) is 0 Å². The second-order valence-corrected chi connectivity index (χ2v) is 4.28. The minimum absolute atomic E-state index is 0.309. The monoisotopic (exact) mass is 254 g/mol. The van der Waals surface area contributed by atoms with Crippen molar-refractivity contribution in [3.8, 4) is 11.3 Å². The van der Waals surface area contributed by atoms with Gasteiger partial charge in [0.1, 0.15) is 0 Å². The second kappa shape index (κ2) is 4.24. The van der Waals surface area contributed by atoms with Gasteiger partial charge in [0.15, 0.2) is 0 Å². The first-order chi connectivity index (χ1) is 9.18. The molecule has 4 heteroatoms. The van der Waals surface area contributed by atoms with E-state index in [2.05, 4.69) is 0 Å². The Morgan fingerprint density at radius 1 is 1.05 bits per heavy atom. The van der Waals surface area contributed by atoms with Crippen molar-refractivity contribution in [2.75, 3.05) is 0 Å². The van der Waals surface area contributed by atoms with Crippen molar-refractivity contribution >= 4 is 16.8 Å². The number of amides is 1. The number of halogens is 1. The normalized spacial score (nSPS) is 10.8. The van der Waals surface area contributed by atoms with Crippen molar-refractivity contribution in [1.82, 2.24) is 4.79 Å². The summed E-state index contributed by atoms with van der Waals surface area (Å²) in [5, 5.41) is 0.777. The Labute approximate surface area is 109 Å². The summed E-state index contributed by atoms with van der Waals surface area (Å²) >= 11 is 0. The molecule has 0 atom stereocenters. The fraction of sp³-hybridized carbons (Fsp3) is 0. The zero-order chi connectivity index (χ0) is 13.4. The van der Waals surface area contributed by atoms with E-state index in [1.165, 1.54) is 0 Å². The fourth-order valence-corrected chi connectivity index (χ4v) is 2.23. The van der Waals surface area contributed by atoms with E-state index in [-0.39, 0.29) is 0 Å². The molecule has 94 valence electrons. The Hall–Kier alpha value is -2.62. The van der Waals surface area contributed by atoms with Crippen LogP contribution in [0.1, 0.15) is 10.4 Å². The van der Waals surface area contributed by atoms with Crippen LogP contribution in [0.4, 0.5) is 4.48 Å². The van der Waals surface area contributed by atoms with Crippen LogP contribution in [-0.4, -0.2) is 10.7 Å². The first kappa shape index (κ1) is 11.5. The highest BCUT2D eigenvalue weighted by Crippen LogP contribution is 2.30. The third-order valence-corrected chi connectivity index (χ3v) is 3.12. The molecule has 19 heavy (non-hydrogen) atoms. The minimum atomic E-state index is -0.569. The molecule has 2 aromatic carbocycles. The summed E-state index contributed by atoms with van der Waals surface area (Å²) in [6.45, 7) is 0. The molecule has 0 bridgehead atoms. The van der Waals surface area contributed by atoms with E-state index >= 15 is 0 Å². The van der Waals surface area contributed by atoms with Gasteiger partial charge in [-0.15, -0.1) is 0 Å². The Morgan fingerprint density at radius 2 is 1.74 bits per heavy atom. The molecule has 0 saturated heterocycles. The molecule has 0 aliphatic carbocycles. The van der Waals surface area contributed by atoms with E-state index in [0.29, 0.717) is 27.1 Å². The van der Waals surface area contributed by atoms with E-state index in [0.717, 1.165) is 5.39 Å². The van der Waals surface area contributed by atoms with Crippen LogP contribution in [0.3, 0.4) is 0 Å². The van der Waals surface area contributed by atoms with Gasteiger partial charge in [0.2, 0.25) is 5.91 Å². The Bertz CT molecular complexity index is 777. The maximum atomic E-state index is 14.3. The lowest BCUT2D eigenvalue weighted by atomic mass is 10.0. The van der Waals surface area contributed by atoms with E-state index in [1.807, 2.05) is 12.1 Å². The summed E-state index contributed by atoms with van der Waals surface area (Å²) in [6.07, 6.45) is 0. The molecule has 0 aliphatic rings. The van der Waals surface area contributed by atoms with Gasteiger partial charge < -0.3 is 5.73 Å². The number of para-hydroxylation sites is 1. The van der Waals surface area contributed by atoms with E-state index in [4.69, 9.17) is 5.73 Å². The summed E-state index contributed by atoms with van der Waals surface area (Å²) in [5.74, 6) is -0.569. The number of carbonyl (C=O) groups excluding carboxylic acids is 1. The van der Waals surface area contributed by atoms with Crippen molar-refractivity contribution in [3.05, 3.63) is 60.2 Å². The van der Waals surface area contributed by atoms with Crippen LogP contribution in [-0.2, 0) is 0 Å². The van der Waals surface area contributed by atoms with Crippen molar-refractivity contribution in [1.29, 1.82) is 0 Å². The molecule has 0 radical (unpaired) electrons. The first-order valence-electron chi connectivity index (χ1n) is 5.84. The highest BCUT2D eigenvalue weighted by atomic mass is 19.2.